The zero-order valence-corrected chi connectivity index (χ0v) is 19.2. The Bertz CT molecular complexity index is 1300. The van der Waals surface area contributed by atoms with Gasteiger partial charge in [-0.2, -0.15) is 9.97 Å². The first kappa shape index (κ1) is 22.0. The van der Waals surface area contributed by atoms with Crippen molar-refractivity contribution in [2.45, 2.75) is 19.8 Å². The molecule has 5 rings (SSSR count). The number of aromatic nitrogens is 3. The van der Waals surface area contributed by atoms with Crippen molar-refractivity contribution in [3.05, 3.63) is 71.1 Å². The lowest BCUT2D eigenvalue weighted by Crippen LogP contribution is -2.03. The second kappa shape index (κ2) is 9.98. The third kappa shape index (κ3) is 5.22. The zero-order chi connectivity index (χ0) is 23.3. The Hall–Kier alpha value is -3.82. The van der Waals surface area contributed by atoms with E-state index in [1.807, 2.05) is 31.2 Å². The van der Waals surface area contributed by atoms with Crippen LogP contribution >= 0.6 is 11.6 Å². The van der Waals surface area contributed by atoms with Crippen LogP contribution in [0.5, 0.6) is 5.88 Å². The number of nitrogens with zero attached hydrogens (tertiary/aromatic N) is 3. The van der Waals surface area contributed by atoms with Crippen molar-refractivity contribution in [3.8, 4) is 5.88 Å². The Labute approximate surface area is 201 Å². The topological polar surface area (TPSA) is 106 Å². The van der Waals surface area contributed by atoms with Gasteiger partial charge in [0.2, 0.25) is 5.95 Å². The highest BCUT2D eigenvalue weighted by Gasteiger charge is 2.13. The molecule has 0 amide bonds. The largest absolute Gasteiger partial charge is 0.448 e. The van der Waals surface area contributed by atoms with Crippen molar-refractivity contribution in [2.75, 3.05) is 29.4 Å². The van der Waals surface area contributed by atoms with Crippen molar-refractivity contribution in [1.82, 2.24) is 15.0 Å². The first-order valence-electron chi connectivity index (χ1n) is 10.9. The summed E-state index contributed by atoms with van der Waals surface area (Å²) >= 11 is 6.35. The lowest BCUT2D eigenvalue weighted by molar-refractivity contribution is 0.0196. The zero-order valence-electron chi connectivity index (χ0n) is 18.5. The quantitative estimate of drug-likeness (QED) is 0.233. The molecule has 0 saturated heterocycles. The summed E-state index contributed by atoms with van der Waals surface area (Å²) in [4.78, 5) is 13.1. The van der Waals surface area contributed by atoms with E-state index in [1.54, 1.807) is 6.20 Å². The highest BCUT2D eigenvalue weighted by Crippen LogP contribution is 2.31. The van der Waals surface area contributed by atoms with Crippen molar-refractivity contribution in [3.63, 3.8) is 0 Å². The van der Waals surface area contributed by atoms with Crippen LogP contribution in [0.3, 0.4) is 0 Å². The Balaban J connectivity index is 1.45. The molecular formula is C24H23ClN6O3. The first-order valence-corrected chi connectivity index (χ1v) is 11.3. The summed E-state index contributed by atoms with van der Waals surface area (Å²) in [5.74, 6) is 1.34. The van der Waals surface area contributed by atoms with Gasteiger partial charge in [0.15, 0.2) is 18.9 Å². The molecule has 3 N–H and O–H groups in total. The molecule has 2 aromatic carbocycles. The molecule has 4 aromatic rings. The minimum atomic E-state index is 0.120. The summed E-state index contributed by atoms with van der Waals surface area (Å²) < 4.78 is 16.1. The molecule has 0 spiro atoms. The van der Waals surface area contributed by atoms with Crippen LogP contribution in [0.15, 0.2) is 59.3 Å². The molecule has 0 fully saturated rings. The smallest absolute Gasteiger partial charge is 0.302 e. The average molecular weight is 479 g/mol. The van der Waals surface area contributed by atoms with Gasteiger partial charge < -0.3 is 29.8 Å². The molecule has 6 bridgehead atoms. The van der Waals surface area contributed by atoms with Gasteiger partial charge in [0.05, 0.1) is 6.20 Å². The molecule has 9 nitrogen and oxygen atoms in total. The van der Waals surface area contributed by atoms with Gasteiger partial charge in [-0.25, -0.2) is 4.98 Å². The molecule has 0 radical (unpaired) electrons. The molecular weight excluding hydrogens is 456 g/mol. The summed E-state index contributed by atoms with van der Waals surface area (Å²) in [5.41, 5.74) is 4.90. The monoisotopic (exact) mass is 478 g/mol. The molecule has 0 unspecified atom stereocenters. The number of benzene rings is 2. The molecule has 10 heteroatoms. The van der Waals surface area contributed by atoms with Gasteiger partial charge in [0, 0.05) is 23.7 Å². The average Bonchev–Trinajstić information content (AvgIpc) is 3.28. The molecule has 0 saturated carbocycles. The van der Waals surface area contributed by atoms with Gasteiger partial charge in [0.1, 0.15) is 5.02 Å². The summed E-state index contributed by atoms with van der Waals surface area (Å²) in [6.45, 7) is 2.58. The second-order valence-corrected chi connectivity index (χ2v) is 7.99. The number of oxazole rings is 1. The normalized spacial score (nSPS) is 12.4. The summed E-state index contributed by atoms with van der Waals surface area (Å²) in [5, 5.41) is 10.2. The van der Waals surface area contributed by atoms with E-state index in [1.165, 1.54) is 11.8 Å². The van der Waals surface area contributed by atoms with E-state index in [0.29, 0.717) is 35.3 Å². The molecule has 174 valence electrons. The van der Waals surface area contributed by atoms with E-state index in [4.69, 9.17) is 25.5 Å². The number of rotatable bonds is 6. The van der Waals surface area contributed by atoms with Crippen molar-refractivity contribution in [2.24, 2.45) is 0 Å². The minimum absolute atomic E-state index is 0.120. The number of nitrogens with one attached hydrogen (secondary N) is 3. The summed E-state index contributed by atoms with van der Waals surface area (Å²) in [6, 6.07) is 14.5. The molecule has 1 aliphatic heterocycles. The highest BCUT2D eigenvalue weighted by atomic mass is 35.5. The fraction of sp³-hybridized carbons (Fsp3) is 0.208. The van der Waals surface area contributed by atoms with Crippen molar-refractivity contribution < 1.29 is 13.9 Å². The molecule has 0 aliphatic carbocycles. The van der Waals surface area contributed by atoms with Gasteiger partial charge in [0.25, 0.3) is 5.88 Å². The number of anilines is 6. The maximum atomic E-state index is 6.35. The fourth-order valence-electron chi connectivity index (χ4n) is 3.55. The summed E-state index contributed by atoms with van der Waals surface area (Å²) in [6.07, 6.45) is 4.64. The third-order valence-electron chi connectivity index (χ3n) is 5.20. The Morgan fingerprint density at radius 2 is 2.00 bits per heavy atom. The van der Waals surface area contributed by atoms with E-state index >= 15 is 0 Å². The van der Waals surface area contributed by atoms with Crippen LogP contribution in [-0.4, -0.2) is 28.4 Å². The Morgan fingerprint density at radius 1 is 1.09 bits per heavy atom. The van der Waals surface area contributed by atoms with Crippen molar-refractivity contribution >= 4 is 46.4 Å². The number of fused-ring (bicyclic) bond motifs is 6. The molecule has 1 aliphatic rings. The van der Waals surface area contributed by atoms with Gasteiger partial charge in [-0.15, -0.1) is 0 Å². The summed E-state index contributed by atoms with van der Waals surface area (Å²) in [7, 11) is 0. The van der Waals surface area contributed by atoms with E-state index in [0.717, 1.165) is 35.5 Å². The number of ether oxygens (including phenoxy) is 2. The van der Waals surface area contributed by atoms with Crippen LogP contribution in [0.25, 0.3) is 0 Å². The van der Waals surface area contributed by atoms with Gasteiger partial charge in [-0.3, -0.25) is 0 Å². The van der Waals surface area contributed by atoms with Crippen molar-refractivity contribution in [1.29, 1.82) is 0 Å². The maximum Gasteiger partial charge on any atom is 0.302 e. The van der Waals surface area contributed by atoms with Crippen LogP contribution in [0, 0.1) is 0 Å². The second-order valence-electron chi connectivity index (χ2n) is 7.58. The number of hydrogen-bond acceptors (Lipinski definition) is 9. The number of halogens is 1. The van der Waals surface area contributed by atoms with Crippen LogP contribution in [-0.2, 0) is 17.6 Å². The molecule has 34 heavy (non-hydrogen) atoms. The van der Waals surface area contributed by atoms with Crippen LogP contribution in [0.2, 0.25) is 5.02 Å². The predicted octanol–water partition coefficient (Wildman–Crippen LogP) is 5.82. The van der Waals surface area contributed by atoms with E-state index in [9.17, 15) is 0 Å². The minimum Gasteiger partial charge on any atom is -0.448 e. The Morgan fingerprint density at radius 3 is 2.91 bits per heavy atom. The lowest BCUT2D eigenvalue weighted by atomic mass is 10.0. The lowest BCUT2D eigenvalue weighted by Gasteiger charge is -2.14. The van der Waals surface area contributed by atoms with Crippen LogP contribution in [0.4, 0.5) is 34.8 Å². The van der Waals surface area contributed by atoms with E-state index < -0.39 is 0 Å². The number of hydrogen-bond donors (Lipinski definition) is 3. The van der Waals surface area contributed by atoms with Crippen LogP contribution in [0.1, 0.15) is 18.1 Å². The standard InChI is InChI=1S/C24H23ClN6O3/c1-2-32-14-34-21-13-33-24(30-21)29-20-9-8-18-11-16(20)7-6-15-4-3-5-17(10-15)28-23-26-12-19(25)22(27-18)31-23/h3-5,8-13H,2,6-7,14H2,1H3,(H,29,30)(H2,26,27,28,31). The molecule has 0 atom stereocenters. The predicted molar refractivity (Wildman–Crippen MR) is 131 cm³/mol. The van der Waals surface area contributed by atoms with Gasteiger partial charge in [-0.05, 0) is 61.2 Å². The first-order chi connectivity index (χ1) is 16.7. The maximum absolute atomic E-state index is 6.35. The van der Waals surface area contributed by atoms with E-state index in [2.05, 4.69) is 49.1 Å². The van der Waals surface area contributed by atoms with Gasteiger partial charge in [-0.1, -0.05) is 23.7 Å². The Kier molecular flexibility index (Phi) is 6.46. The molecule has 3 heterocycles. The molecule has 2 aromatic heterocycles. The SMILES string of the molecule is CCOCOc1coc(Nc2ccc3cc2CCc2cccc(c2)Nc2ncc(Cl)c(n2)N3)n1. The van der Waals surface area contributed by atoms with Gasteiger partial charge >= 0.3 is 6.01 Å². The van der Waals surface area contributed by atoms with Crippen LogP contribution < -0.4 is 20.7 Å². The van der Waals surface area contributed by atoms with E-state index in [-0.39, 0.29) is 6.79 Å². The fourth-order valence-corrected chi connectivity index (χ4v) is 3.69. The number of aryl methyl sites for hydroxylation is 2. The highest BCUT2D eigenvalue weighted by molar-refractivity contribution is 6.32. The third-order valence-corrected chi connectivity index (χ3v) is 5.47.